The molecule has 0 aliphatic carbocycles. The molecule has 2 aromatic rings. The predicted octanol–water partition coefficient (Wildman–Crippen LogP) is 4.51. The van der Waals surface area contributed by atoms with Crippen molar-refractivity contribution >= 4 is 31.9 Å². The number of carbonyl (C=O) groups excluding carboxylic acids is 1. The van der Waals surface area contributed by atoms with Crippen molar-refractivity contribution < 1.29 is 17.9 Å². The second-order valence-corrected chi connectivity index (χ2v) is 10.3. The van der Waals surface area contributed by atoms with Gasteiger partial charge in [-0.1, -0.05) is 40.9 Å². The summed E-state index contributed by atoms with van der Waals surface area (Å²) < 4.78 is 34.3. The average Bonchev–Trinajstić information content (AvgIpc) is 3.04. The predicted molar refractivity (Wildman–Crippen MR) is 120 cm³/mol. The highest BCUT2D eigenvalue weighted by Gasteiger charge is 2.29. The van der Waals surface area contributed by atoms with Gasteiger partial charge in [-0.2, -0.15) is 4.31 Å². The summed E-state index contributed by atoms with van der Waals surface area (Å²) in [5.41, 5.74) is 1.24. The summed E-state index contributed by atoms with van der Waals surface area (Å²) in [5, 5.41) is 2.93. The Morgan fingerprint density at radius 1 is 1.07 bits per heavy atom. The van der Waals surface area contributed by atoms with Gasteiger partial charge in [-0.05, 0) is 55.7 Å². The summed E-state index contributed by atoms with van der Waals surface area (Å²) in [5.74, 6) is -0.0860. The maximum Gasteiger partial charge on any atom is 0.251 e. The number of ether oxygens (including phenoxy) is 1. The molecule has 30 heavy (non-hydrogen) atoms. The Balaban J connectivity index is 1.86. The first-order valence-electron chi connectivity index (χ1n) is 10.1. The fourth-order valence-electron chi connectivity index (χ4n) is 3.56. The maximum atomic E-state index is 13.3. The van der Waals surface area contributed by atoms with Crippen molar-refractivity contribution in [3.8, 4) is 5.75 Å². The highest BCUT2D eigenvalue weighted by atomic mass is 79.9. The zero-order valence-corrected chi connectivity index (χ0v) is 19.6. The van der Waals surface area contributed by atoms with E-state index in [2.05, 4.69) is 21.2 Å². The van der Waals surface area contributed by atoms with E-state index in [-0.39, 0.29) is 28.2 Å². The van der Waals surface area contributed by atoms with Gasteiger partial charge < -0.3 is 10.1 Å². The smallest absolute Gasteiger partial charge is 0.251 e. The van der Waals surface area contributed by atoms with Crippen molar-refractivity contribution in [2.24, 2.45) is 0 Å². The first kappa shape index (κ1) is 22.8. The number of methoxy groups -OCH3 is 1. The van der Waals surface area contributed by atoms with Crippen LogP contribution >= 0.6 is 15.9 Å². The number of nitrogens with one attached hydrogen (secondary N) is 1. The van der Waals surface area contributed by atoms with Gasteiger partial charge in [-0.15, -0.1) is 0 Å². The van der Waals surface area contributed by atoms with Crippen LogP contribution in [0.4, 0.5) is 0 Å². The lowest BCUT2D eigenvalue weighted by Gasteiger charge is -2.22. The molecule has 8 heteroatoms. The standard InChI is InChI=1S/C22H27BrN2O4S/c1-16(17-7-10-19(23)11-8-17)24-22(26)18-9-12-20(29-2)21(15-18)30(27,28)25-13-5-3-4-6-14-25/h7-12,15-16H,3-6,13-14H2,1-2H3,(H,24,26)/t16-/m1/s1. The van der Waals surface area contributed by atoms with Crippen LogP contribution in [0.3, 0.4) is 0 Å². The molecule has 0 saturated carbocycles. The van der Waals surface area contributed by atoms with Crippen LogP contribution < -0.4 is 10.1 Å². The molecule has 1 atom stereocenters. The summed E-state index contributed by atoms with van der Waals surface area (Å²) in [6, 6.07) is 12.0. The van der Waals surface area contributed by atoms with Gasteiger partial charge in [0.05, 0.1) is 13.2 Å². The largest absolute Gasteiger partial charge is 0.495 e. The van der Waals surface area contributed by atoms with Crippen LogP contribution in [0.15, 0.2) is 51.8 Å². The molecule has 1 N–H and O–H groups in total. The van der Waals surface area contributed by atoms with E-state index in [1.807, 2.05) is 31.2 Å². The number of nitrogens with zero attached hydrogens (tertiary/aromatic N) is 1. The Kier molecular flexibility index (Phi) is 7.55. The van der Waals surface area contributed by atoms with E-state index >= 15 is 0 Å². The summed E-state index contributed by atoms with van der Waals surface area (Å²) in [7, 11) is -2.31. The number of rotatable bonds is 6. The van der Waals surface area contributed by atoms with E-state index in [4.69, 9.17) is 4.74 Å². The van der Waals surface area contributed by atoms with Crippen molar-refractivity contribution in [1.82, 2.24) is 9.62 Å². The maximum absolute atomic E-state index is 13.3. The normalized spacial score (nSPS) is 16.5. The van der Waals surface area contributed by atoms with E-state index in [1.165, 1.54) is 17.5 Å². The number of amides is 1. The molecule has 1 aliphatic rings. The lowest BCUT2D eigenvalue weighted by Crippen LogP contribution is -2.32. The van der Waals surface area contributed by atoms with Crippen molar-refractivity contribution in [2.45, 2.75) is 43.5 Å². The van der Waals surface area contributed by atoms with Gasteiger partial charge in [0.1, 0.15) is 10.6 Å². The highest BCUT2D eigenvalue weighted by Crippen LogP contribution is 2.29. The Hall–Kier alpha value is -1.90. The van der Waals surface area contributed by atoms with Gasteiger partial charge >= 0.3 is 0 Å². The Morgan fingerprint density at radius 2 is 1.70 bits per heavy atom. The van der Waals surface area contributed by atoms with E-state index in [1.54, 1.807) is 12.1 Å². The molecular weight excluding hydrogens is 468 g/mol. The van der Waals surface area contributed by atoms with Gasteiger partial charge in [0.2, 0.25) is 10.0 Å². The number of carbonyl (C=O) groups is 1. The number of hydrogen-bond donors (Lipinski definition) is 1. The first-order valence-corrected chi connectivity index (χ1v) is 12.3. The lowest BCUT2D eigenvalue weighted by atomic mass is 10.1. The van der Waals surface area contributed by atoms with E-state index in [9.17, 15) is 13.2 Å². The average molecular weight is 495 g/mol. The number of benzene rings is 2. The lowest BCUT2D eigenvalue weighted by molar-refractivity contribution is 0.0939. The second kappa shape index (κ2) is 9.94. The monoisotopic (exact) mass is 494 g/mol. The summed E-state index contributed by atoms with van der Waals surface area (Å²) in [6.07, 6.45) is 3.73. The summed E-state index contributed by atoms with van der Waals surface area (Å²) in [4.78, 5) is 12.9. The molecule has 0 aromatic heterocycles. The van der Waals surface area contributed by atoms with Gasteiger partial charge in [0.15, 0.2) is 0 Å². The highest BCUT2D eigenvalue weighted by molar-refractivity contribution is 9.10. The minimum atomic E-state index is -3.75. The number of sulfonamides is 1. The molecule has 2 aromatic carbocycles. The van der Waals surface area contributed by atoms with Gasteiger partial charge in [-0.25, -0.2) is 8.42 Å². The van der Waals surface area contributed by atoms with Crippen LogP contribution in [0, 0.1) is 0 Å². The first-order chi connectivity index (χ1) is 14.3. The fourth-order valence-corrected chi connectivity index (χ4v) is 5.52. The molecule has 6 nitrogen and oxygen atoms in total. The zero-order chi connectivity index (χ0) is 21.7. The van der Waals surface area contributed by atoms with Crippen LogP contribution in [-0.4, -0.2) is 38.8 Å². The molecule has 3 rings (SSSR count). The SMILES string of the molecule is COc1ccc(C(=O)N[C@H](C)c2ccc(Br)cc2)cc1S(=O)(=O)N1CCCCCC1. The number of hydrogen-bond acceptors (Lipinski definition) is 4. The third-order valence-corrected chi connectivity index (χ3v) is 7.77. The molecule has 1 saturated heterocycles. The molecule has 162 valence electrons. The van der Waals surface area contributed by atoms with Crippen LogP contribution in [0.5, 0.6) is 5.75 Å². The van der Waals surface area contributed by atoms with Gasteiger partial charge in [-0.3, -0.25) is 4.79 Å². The molecule has 0 spiro atoms. The Labute approximate surface area is 186 Å². The van der Waals surface area contributed by atoms with E-state index in [0.29, 0.717) is 13.1 Å². The molecule has 0 radical (unpaired) electrons. The molecule has 1 amide bonds. The third-order valence-electron chi connectivity index (χ3n) is 5.33. The Bertz CT molecular complexity index is 985. The van der Waals surface area contributed by atoms with E-state index < -0.39 is 10.0 Å². The third kappa shape index (κ3) is 5.22. The molecular formula is C22H27BrN2O4S. The van der Waals surface area contributed by atoms with Gasteiger partial charge in [0, 0.05) is 23.1 Å². The molecule has 0 bridgehead atoms. The van der Waals surface area contributed by atoms with Crippen LogP contribution in [0.1, 0.15) is 54.6 Å². The number of halogens is 1. The fraction of sp³-hybridized carbons (Fsp3) is 0.409. The van der Waals surface area contributed by atoms with Crippen LogP contribution in [0.2, 0.25) is 0 Å². The molecule has 1 fully saturated rings. The zero-order valence-electron chi connectivity index (χ0n) is 17.2. The summed E-state index contributed by atoms with van der Waals surface area (Å²) in [6.45, 7) is 2.87. The second-order valence-electron chi connectivity index (χ2n) is 7.43. The van der Waals surface area contributed by atoms with Gasteiger partial charge in [0.25, 0.3) is 5.91 Å². The van der Waals surface area contributed by atoms with Crippen molar-refractivity contribution in [3.63, 3.8) is 0 Å². The van der Waals surface area contributed by atoms with Crippen molar-refractivity contribution in [1.29, 1.82) is 0 Å². The van der Waals surface area contributed by atoms with E-state index in [0.717, 1.165) is 35.7 Å². The minimum Gasteiger partial charge on any atom is -0.495 e. The molecule has 1 heterocycles. The Morgan fingerprint density at radius 3 is 2.30 bits per heavy atom. The summed E-state index contributed by atoms with van der Waals surface area (Å²) >= 11 is 3.40. The molecule has 0 unspecified atom stereocenters. The van der Waals surface area contributed by atoms with Crippen molar-refractivity contribution in [3.05, 3.63) is 58.1 Å². The quantitative estimate of drug-likeness (QED) is 0.640. The van der Waals surface area contributed by atoms with Crippen LogP contribution in [0.25, 0.3) is 0 Å². The van der Waals surface area contributed by atoms with Crippen LogP contribution in [-0.2, 0) is 10.0 Å². The van der Waals surface area contributed by atoms with Crippen molar-refractivity contribution in [2.75, 3.05) is 20.2 Å². The minimum absolute atomic E-state index is 0.0378. The topological polar surface area (TPSA) is 75.7 Å². The molecule has 1 aliphatic heterocycles.